The third kappa shape index (κ3) is 3.33. The number of hydrogen-bond donors (Lipinski definition) is 2. The van der Waals surface area contributed by atoms with E-state index in [9.17, 15) is 9.18 Å². The Hall–Kier alpha value is -1.86. The maximum absolute atomic E-state index is 13.0. The molecule has 0 saturated heterocycles. The lowest BCUT2D eigenvalue weighted by Gasteiger charge is -2.04. The van der Waals surface area contributed by atoms with Crippen LogP contribution in [0.5, 0.6) is 5.75 Å². The molecule has 0 atom stereocenters. The minimum absolute atomic E-state index is 0.121. The van der Waals surface area contributed by atoms with Gasteiger partial charge in [0, 0.05) is 0 Å². The van der Waals surface area contributed by atoms with E-state index in [-0.39, 0.29) is 12.4 Å². The second-order valence-electron chi connectivity index (χ2n) is 3.64. The molecule has 0 spiro atoms. The van der Waals surface area contributed by atoms with E-state index in [4.69, 9.17) is 15.0 Å². The van der Waals surface area contributed by atoms with Crippen LogP contribution in [0.15, 0.2) is 39.4 Å². The number of hydrogen-bond acceptors (Lipinski definition) is 4. The summed E-state index contributed by atoms with van der Waals surface area (Å²) >= 11 is 3.06. The van der Waals surface area contributed by atoms with Crippen LogP contribution >= 0.6 is 15.9 Å². The van der Waals surface area contributed by atoms with Gasteiger partial charge in [-0.3, -0.25) is 10.2 Å². The molecule has 0 fully saturated rings. The van der Waals surface area contributed by atoms with Crippen molar-refractivity contribution in [1.29, 1.82) is 0 Å². The van der Waals surface area contributed by atoms with Crippen molar-refractivity contribution in [2.75, 3.05) is 0 Å². The summed E-state index contributed by atoms with van der Waals surface area (Å²) in [5.41, 5.74) is 2.30. The highest BCUT2D eigenvalue weighted by atomic mass is 79.9. The number of halogens is 2. The Morgan fingerprint density at radius 2 is 2.26 bits per heavy atom. The topological polar surface area (TPSA) is 77.5 Å². The van der Waals surface area contributed by atoms with Gasteiger partial charge in [0.05, 0.1) is 10.0 Å². The summed E-state index contributed by atoms with van der Waals surface area (Å²) in [5.74, 6) is 5.12. The molecule has 0 unspecified atom stereocenters. The van der Waals surface area contributed by atoms with Gasteiger partial charge in [-0.1, -0.05) is 0 Å². The van der Waals surface area contributed by atoms with Gasteiger partial charge in [0.15, 0.2) is 0 Å². The summed E-state index contributed by atoms with van der Waals surface area (Å²) < 4.78 is 23.9. The van der Waals surface area contributed by atoms with Crippen LogP contribution in [0.1, 0.15) is 16.1 Å². The number of ether oxygens (including phenoxy) is 1. The Labute approximate surface area is 116 Å². The first-order chi connectivity index (χ1) is 9.10. The van der Waals surface area contributed by atoms with Crippen molar-refractivity contribution in [3.63, 3.8) is 0 Å². The molecule has 3 N–H and O–H groups in total. The molecule has 19 heavy (non-hydrogen) atoms. The molecular formula is C12H10BrFN2O3. The van der Waals surface area contributed by atoms with Crippen molar-refractivity contribution in [1.82, 2.24) is 5.43 Å². The summed E-state index contributed by atoms with van der Waals surface area (Å²) in [6.07, 6.45) is 1.28. The predicted molar refractivity (Wildman–Crippen MR) is 68.8 cm³/mol. The van der Waals surface area contributed by atoms with E-state index < -0.39 is 5.91 Å². The van der Waals surface area contributed by atoms with Gasteiger partial charge in [0.1, 0.15) is 30.2 Å². The molecule has 1 aromatic carbocycles. The van der Waals surface area contributed by atoms with Crippen molar-refractivity contribution in [3.05, 3.63) is 52.1 Å². The van der Waals surface area contributed by atoms with Gasteiger partial charge in [-0.25, -0.2) is 10.2 Å². The van der Waals surface area contributed by atoms with Gasteiger partial charge in [-0.15, -0.1) is 0 Å². The molecule has 5 nitrogen and oxygen atoms in total. The average Bonchev–Trinajstić information content (AvgIpc) is 2.88. The minimum Gasteiger partial charge on any atom is -0.486 e. The van der Waals surface area contributed by atoms with Gasteiger partial charge in [-0.05, 0) is 40.2 Å². The first-order valence-electron chi connectivity index (χ1n) is 5.26. The largest absolute Gasteiger partial charge is 0.486 e. The molecule has 1 heterocycles. The van der Waals surface area contributed by atoms with Crippen LogP contribution in [-0.2, 0) is 6.61 Å². The zero-order valence-corrected chi connectivity index (χ0v) is 11.2. The van der Waals surface area contributed by atoms with Gasteiger partial charge in [0.25, 0.3) is 5.91 Å². The van der Waals surface area contributed by atoms with Crippen molar-refractivity contribution in [2.24, 2.45) is 5.84 Å². The molecule has 0 aliphatic carbocycles. The maximum Gasteiger partial charge on any atom is 0.268 e. The van der Waals surface area contributed by atoms with E-state index in [0.29, 0.717) is 21.5 Å². The summed E-state index contributed by atoms with van der Waals surface area (Å²) in [4.78, 5) is 11.2. The van der Waals surface area contributed by atoms with E-state index in [1.807, 2.05) is 5.43 Å². The van der Waals surface area contributed by atoms with Crippen molar-refractivity contribution in [2.45, 2.75) is 6.61 Å². The standard InChI is InChI=1S/C12H10BrFN2O3/c13-10-4-8(1-2-11(10)14)19-6-9-3-7(5-18-9)12(17)16-15/h1-5H,6,15H2,(H,16,17). The molecule has 7 heteroatoms. The Balaban J connectivity index is 2.00. The van der Waals surface area contributed by atoms with Crippen molar-refractivity contribution < 1.29 is 18.3 Å². The Morgan fingerprint density at radius 1 is 1.47 bits per heavy atom. The molecule has 2 aromatic rings. The molecule has 2 rings (SSSR count). The van der Waals surface area contributed by atoms with E-state index in [1.54, 1.807) is 0 Å². The molecule has 1 amide bonds. The van der Waals surface area contributed by atoms with Gasteiger partial charge in [0.2, 0.25) is 0 Å². The Morgan fingerprint density at radius 3 is 2.95 bits per heavy atom. The lowest BCUT2D eigenvalue weighted by atomic mass is 10.3. The Bertz CT molecular complexity index is 600. The molecule has 0 aliphatic rings. The fourth-order valence-electron chi connectivity index (χ4n) is 1.38. The highest BCUT2D eigenvalue weighted by molar-refractivity contribution is 9.10. The number of carbonyl (C=O) groups is 1. The molecule has 1 aromatic heterocycles. The summed E-state index contributed by atoms with van der Waals surface area (Å²) in [6.45, 7) is 0.121. The van der Waals surface area contributed by atoms with E-state index >= 15 is 0 Å². The third-order valence-electron chi connectivity index (χ3n) is 2.32. The number of hydrazine groups is 1. The number of nitrogens with one attached hydrogen (secondary N) is 1. The minimum atomic E-state index is -0.445. The number of rotatable bonds is 4. The van der Waals surface area contributed by atoms with Crippen LogP contribution < -0.4 is 16.0 Å². The zero-order valence-electron chi connectivity index (χ0n) is 9.65. The third-order valence-corrected chi connectivity index (χ3v) is 2.93. The van der Waals surface area contributed by atoms with E-state index in [0.717, 1.165) is 0 Å². The van der Waals surface area contributed by atoms with Crippen LogP contribution in [0.25, 0.3) is 0 Å². The number of furan rings is 1. The fourth-order valence-corrected chi connectivity index (χ4v) is 1.74. The average molecular weight is 329 g/mol. The lowest BCUT2D eigenvalue weighted by molar-refractivity contribution is 0.0953. The number of benzene rings is 1. The maximum atomic E-state index is 13.0. The smallest absolute Gasteiger partial charge is 0.268 e. The molecule has 100 valence electrons. The summed E-state index contributed by atoms with van der Waals surface area (Å²) in [7, 11) is 0. The normalized spacial score (nSPS) is 10.3. The Kier molecular flexibility index (Phi) is 4.18. The summed E-state index contributed by atoms with van der Waals surface area (Å²) in [6, 6.07) is 5.80. The molecule has 0 aliphatic heterocycles. The fraction of sp³-hybridized carbons (Fsp3) is 0.0833. The SMILES string of the molecule is NNC(=O)c1coc(COc2ccc(F)c(Br)c2)c1. The molecule has 0 radical (unpaired) electrons. The highest BCUT2D eigenvalue weighted by Crippen LogP contribution is 2.22. The number of nitrogen functional groups attached to an aromatic ring is 1. The van der Waals surface area contributed by atoms with E-state index in [1.165, 1.54) is 30.5 Å². The molecule has 0 saturated carbocycles. The molecule has 0 bridgehead atoms. The quantitative estimate of drug-likeness (QED) is 0.513. The van der Waals surface area contributed by atoms with Gasteiger partial charge in [-0.2, -0.15) is 0 Å². The monoisotopic (exact) mass is 328 g/mol. The first-order valence-corrected chi connectivity index (χ1v) is 6.05. The number of amides is 1. The van der Waals surface area contributed by atoms with E-state index in [2.05, 4.69) is 15.9 Å². The first kappa shape index (κ1) is 13.6. The van der Waals surface area contributed by atoms with Crippen LogP contribution in [0.4, 0.5) is 4.39 Å². The van der Waals surface area contributed by atoms with Crippen LogP contribution in [0, 0.1) is 5.82 Å². The summed E-state index contributed by atoms with van der Waals surface area (Å²) in [5, 5.41) is 0. The number of nitrogens with two attached hydrogens (primary N) is 1. The van der Waals surface area contributed by atoms with Crippen molar-refractivity contribution >= 4 is 21.8 Å². The highest BCUT2D eigenvalue weighted by Gasteiger charge is 2.09. The molecular weight excluding hydrogens is 319 g/mol. The second-order valence-corrected chi connectivity index (χ2v) is 4.49. The van der Waals surface area contributed by atoms with Crippen LogP contribution in [0.2, 0.25) is 0 Å². The number of carbonyl (C=O) groups excluding carboxylic acids is 1. The van der Waals surface area contributed by atoms with Gasteiger partial charge < -0.3 is 9.15 Å². The van der Waals surface area contributed by atoms with Crippen molar-refractivity contribution in [3.8, 4) is 5.75 Å². The predicted octanol–water partition coefficient (Wildman–Crippen LogP) is 2.36. The van der Waals surface area contributed by atoms with Crippen LogP contribution in [0.3, 0.4) is 0 Å². The second kappa shape index (κ2) is 5.85. The zero-order chi connectivity index (χ0) is 13.8. The lowest BCUT2D eigenvalue weighted by Crippen LogP contribution is -2.29. The van der Waals surface area contributed by atoms with Gasteiger partial charge >= 0.3 is 0 Å². The van der Waals surface area contributed by atoms with Crippen LogP contribution in [-0.4, -0.2) is 5.91 Å².